The van der Waals surface area contributed by atoms with Gasteiger partial charge < -0.3 is 53.8 Å². The van der Waals surface area contributed by atoms with Crippen molar-refractivity contribution < 1.29 is 77.2 Å². The minimum Gasteiger partial charge on any atom is -0.460 e. The van der Waals surface area contributed by atoms with E-state index < -0.39 is 124 Å². The predicted octanol–water partition coefficient (Wildman–Crippen LogP) is 2.17. The number of hydrogen-bond acceptors (Lipinski definition) is 16. The van der Waals surface area contributed by atoms with Crippen molar-refractivity contribution in [2.24, 2.45) is 28.6 Å². The number of aliphatic hydroxyl groups is 3. The Hall–Kier alpha value is -4.42. The van der Waals surface area contributed by atoms with Crippen LogP contribution in [0.25, 0.3) is 0 Å². The van der Waals surface area contributed by atoms with Crippen molar-refractivity contribution in [1.82, 2.24) is 5.32 Å². The fourth-order valence-electron chi connectivity index (χ4n) is 9.39. The predicted molar refractivity (Wildman–Crippen MR) is 199 cm³/mol. The maximum atomic E-state index is 15.3. The zero-order valence-electron chi connectivity index (χ0n) is 34.3. The summed E-state index contributed by atoms with van der Waals surface area (Å²) in [6.45, 7) is 11.2. The minimum atomic E-state index is -2.38. The van der Waals surface area contributed by atoms with Gasteiger partial charge in [-0.25, -0.2) is 14.4 Å². The van der Waals surface area contributed by atoms with E-state index in [1.807, 2.05) is 0 Å². The lowest BCUT2D eigenvalue weighted by atomic mass is 9.45. The normalized spacial score (nSPS) is 33.4. The van der Waals surface area contributed by atoms with E-state index in [-0.39, 0.29) is 37.4 Å². The van der Waals surface area contributed by atoms with Crippen molar-refractivity contribution in [1.29, 1.82) is 0 Å². The van der Waals surface area contributed by atoms with Gasteiger partial charge in [0.05, 0.1) is 42.3 Å². The first-order chi connectivity index (χ1) is 27.1. The van der Waals surface area contributed by atoms with Gasteiger partial charge in [0, 0.05) is 45.1 Å². The number of Topliss-reactive ketones (excluding diaryl/α,β-unsaturated/α-hetero) is 1. The van der Waals surface area contributed by atoms with E-state index in [0.717, 1.165) is 13.8 Å². The highest BCUT2D eigenvalue weighted by molar-refractivity contribution is 6.02. The van der Waals surface area contributed by atoms with E-state index in [2.05, 4.69) is 5.32 Å². The highest BCUT2D eigenvalue weighted by atomic mass is 16.6. The average molecular weight is 818 g/mol. The maximum Gasteiger partial charge on any atom is 0.407 e. The Kier molecular flexibility index (Phi) is 12.8. The minimum absolute atomic E-state index is 0.00449. The van der Waals surface area contributed by atoms with Crippen LogP contribution in [0.15, 0.2) is 41.7 Å². The molecule has 0 spiro atoms. The SMILES string of the molecule is COCCOC(=O)N[C@@H](C(C)C)[C@@H](O)C(=O)O[C@H]1C[C@@]2(O)[C@@H](OC(=O)c3ccccc3)[C@@H]3[C@]4(OC(C)=O)CO[C@@H]4C[C@H](O)[C@@]3(C)C(=O)C(OC(C)=O)=C(C1C)C2(C)C. The number of allylic oxidation sites excluding steroid dienone is 1. The first-order valence-electron chi connectivity index (χ1n) is 19.3. The summed E-state index contributed by atoms with van der Waals surface area (Å²) in [5.74, 6) is -8.43. The Morgan fingerprint density at radius 1 is 1.00 bits per heavy atom. The van der Waals surface area contributed by atoms with Gasteiger partial charge in [-0.05, 0) is 30.5 Å². The first kappa shape index (κ1) is 44.7. The number of nitrogens with one attached hydrogen (secondary N) is 1. The zero-order valence-corrected chi connectivity index (χ0v) is 34.3. The van der Waals surface area contributed by atoms with Gasteiger partial charge in [0.2, 0.25) is 5.78 Å². The van der Waals surface area contributed by atoms with Gasteiger partial charge in [0.15, 0.2) is 17.5 Å². The van der Waals surface area contributed by atoms with Gasteiger partial charge in [0.1, 0.15) is 30.5 Å². The Labute approximate surface area is 336 Å². The number of benzene rings is 1. The molecule has 1 heterocycles. The maximum absolute atomic E-state index is 15.3. The van der Waals surface area contributed by atoms with E-state index in [9.17, 15) is 39.3 Å². The summed E-state index contributed by atoms with van der Waals surface area (Å²) in [6.07, 6.45) is -9.45. The lowest BCUT2D eigenvalue weighted by Gasteiger charge is -2.67. The molecule has 4 N–H and O–H groups in total. The van der Waals surface area contributed by atoms with Gasteiger partial charge >= 0.3 is 30.0 Å². The molecule has 17 nitrogen and oxygen atoms in total. The number of fused-ring (bicyclic) bond motifs is 5. The van der Waals surface area contributed by atoms with Crippen LogP contribution in [0.3, 0.4) is 0 Å². The smallest absolute Gasteiger partial charge is 0.407 e. The van der Waals surface area contributed by atoms with Crippen molar-refractivity contribution in [3.63, 3.8) is 0 Å². The second-order valence-corrected chi connectivity index (χ2v) is 16.7. The largest absolute Gasteiger partial charge is 0.460 e. The van der Waals surface area contributed by atoms with Crippen molar-refractivity contribution >= 4 is 35.8 Å². The van der Waals surface area contributed by atoms with E-state index in [1.165, 1.54) is 26.2 Å². The molecule has 17 heteroatoms. The van der Waals surface area contributed by atoms with Crippen LogP contribution in [0, 0.1) is 28.6 Å². The third-order valence-corrected chi connectivity index (χ3v) is 12.5. The summed E-state index contributed by atoms with van der Waals surface area (Å²) in [4.78, 5) is 81.7. The van der Waals surface area contributed by atoms with E-state index >= 15 is 4.79 Å². The number of rotatable bonds is 12. The quantitative estimate of drug-likeness (QED) is 0.134. The fraction of sp³-hybridized carbons (Fsp3) is 0.659. The van der Waals surface area contributed by atoms with Crippen LogP contribution in [0.5, 0.6) is 0 Å². The Morgan fingerprint density at radius 3 is 2.21 bits per heavy atom. The molecule has 1 aromatic rings. The molecule has 3 aliphatic carbocycles. The third kappa shape index (κ3) is 7.62. The summed E-state index contributed by atoms with van der Waals surface area (Å²) in [5.41, 5.74) is -7.80. The molecule has 0 radical (unpaired) electrons. The highest BCUT2D eigenvalue weighted by Crippen LogP contribution is 2.65. The van der Waals surface area contributed by atoms with Crippen LogP contribution >= 0.6 is 0 Å². The number of aliphatic hydroxyl groups excluding tert-OH is 2. The molecule has 5 rings (SSSR count). The molecular formula is C41H55NO16. The Morgan fingerprint density at radius 2 is 1.66 bits per heavy atom. The molecule has 1 aliphatic heterocycles. The van der Waals surface area contributed by atoms with Gasteiger partial charge in [-0.1, -0.05) is 52.8 Å². The topological polar surface area (TPSA) is 240 Å². The van der Waals surface area contributed by atoms with Crippen LogP contribution < -0.4 is 5.32 Å². The molecular weight excluding hydrogens is 762 g/mol. The molecule has 1 amide bonds. The molecule has 320 valence electrons. The highest BCUT2D eigenvalue weighted by Gasteiger charge is 2.78. The van der Waals surface area contributed by atoms with Crippen molar-refractivity contribution in [2.75, 3.05) is 26.9 Å². The average Bonchev–Trinajstić information content (AvgIpc) is 3.14. The fourth-order valence-corrected chi connectivity index (χ4v) is 9.39. The molecule has 1 aromatic carbocycles. The number of amides is 1. The second-order valence-electron chi connectivity index (χ2n) is 16.7. The van der Waals surface area contributed by atoms with Crippen LogP contribution in [0.1, 0.15) is 78.6 Å². The number of carbonyl (C=O) groups is 6. The molecule has 3 fully saturated rings. The van der Waals surface area contributed by atoms with Crippen molar-refractivity contribution in [2.45, 2.75) is 116 Å². The molecule has 0 aromatic heterocycles. The number of methoxy groups -OCH3 is 1. The third-order valence-electron chi connectivity index (χ3n) is 12.5. The number of esters is 4. The van der Waals surface area contributed by atoms with E-state index in [0.29, 0.717) is 0 Å². The molecule has 2 bridgehead atoms. The lowest BCUT2D eigenvalue weighted by Crippen LogP contribution is -2.81. The molecule has 1 saturated heterocycles. The molecule has 1 unspecified atom stereocenters. The molecule has 11 atom stereocenters. The monoisotopic (exact) mass is 817 g/mol. The van der Waals surface area contributed by atoms with Gasteiger partial charge in [-0.3, -0.25) is 14.4 Å². The van der Waals surface area contributed by atoms with Crippen LogP contribution in [-0.2, 0) is 52.3 Å². The number of alkyl carbamates (subject to hydrolysis) is 1. The van der Waals surface area contributed by atoms with Crippen molar-refractivity contribution in [3.05, 3.63) is 47.2 Å². The zero-order chi connectivity index (χ0) is 43.1. The van der Waals surface area contributed by atoms with Gasteiger partial charge in [-0.2, -0.15) is 0 Å². The number of ketones is 1. The van der Waals surface area contributed by atoms with Crippen LogP contribution in [0.4, 0.5) is 4.79 Å². The summed E-state index contributed by atoms with van der Waals surface area (Å²) in [7, 11) is 1.42. The van der Waals surface area contributed by atoms with Crippen LogP contribution in [0.2, 0.25) is 0 Å². The first-order valence-corrected chi connectivity index (χ1v) is 19.3. The summed E-state index contributed by atoms with van der Waals surface area (Å²) >= 11 is 0. The van der Waals surface area contributed by atoms with Gasteiger partial charge in [-0.15, -0.1) is 0 Å². The number of ether oxygens (including phenoxy) is 7. The summed E-state index contributed by atoms with van der Waals surface area (Å²) in [6, 6.07) is 6.60. The molecule has 2 saturated carbocycles. The molecule has 4 aliphatic rings. The second kappa shape index (κ2) is 16.7. The molecule has 58 heavy (non-hydrogen) atoms. The summed E-state index contributed by atoms with van der Waals surface area (Å²) < 4.78 is 39.9. The van der Waals surface area contributed by atoms with Gasteiger partial charge in [0.25, 0.3) is 0 Å². The van der Waals surface area contributed by atoms with Crippen molar-refractivity contribution in [3.8, 4) is 0 Å². The van der Waals surface area contributed by atoms with Crippen LogP contribution in [-0.4, -0.2) is 126 Å². The van der Waals surface area contributed by atoms with E-state index in [4.69, 9.17) is 33.2 Å². The Balaban J connectivity index is 1.71. The summed E-state index contributed by atoms with van der Waals surface area (Å²) in [5, 5.41) is 39.3. The lowest BCUT2D eigenvalue weighted by molar-refractivity contribution is -0.345. The standard InChI is InChI=1S/C41H55NO16/c1-20(2)29(42-37(50)53-16-15-52-9)30(46)36(49)56-25-18-41(51)34(57-35(48)24-13-11-10-12-14-24)32-39(8,26(45)17-27-40(32,19-54-27)58-23(5)44)33(47)31(55-22(4)43)28(21(25)3)38(41,6)7/h10-14,20-21,25-27,29-30,32,34,45-46,51H,15-19H2,1-9H3,(H,42,50)/t21?,25-,26-,27+,29-,30+,32-,34-,39+,40-,41+/m0/s1. The Bertz CT molecular complexity index is 1810. The number of hydrogen-bond donors (Lipinski definition) is 4. The van der Waals surface area contributed by atoms with E-state index in [1.54, 1.807) is 52.8 Å². The number of carbonyl (C=O) groups excluding carboxylic acids is 6.